The molecule has 0 aliphatic carbocycles. The second-order valence-electron chi connectivity index (χ2n) is 11.2. The third-order valence-corrected chi connectivity index (χ3v) is 8.32. The fourth-order valence-electron chi connectivity index (χ4n) is 5.87. The summed E-state index contributed by atoms with van der Waals surface area (Å²) in [7, 11) is 3.41. The molecule has 1 N–H and O–H groups in total. The lowest BCUT2D eigenvalue weighted by atomic mass is 9.85. The Morgan fingerprint density at radius 2 is 1.66 bits per heavy atom. The van der Waals surface area contributed by atoms with E-state index in [0.717, 1.165) is 54.2 Å². The van der Waals surface area contributed by atoms with E-state index in [-0.39, 0.29) is 30.6 Å². The normalized spacial score (nSPS) is 19.8. The molecule has 0 saturated carbocycles. The lowest BCUT2D eigenvalue weighted by Crippen LogP contribution is -2.51. The molecule has 10 nitrogen and oxygen atoms in total. The van der Waals surface area contributed by atoms with Crippen LogP contribution < -0.4 is 15.0 Å². The molecular formula is C34H51N3O7. The Bertz CT molecular complexity index is 1130. The molecule has 0 spiro atoms. The Balaban J connectivity index is 1.48. The number of ether oxygens (including phenoxy) is 6. The highest BCUT2D eigenvalue weighted by Crippen LogP contribution is 2.34. The topological polar surface area (TPSA) is 91.0 Å². The molecule has 1 fully saturated rings. The average molecular weight is 614 g/mol. The van der Waals surface area contributed by atoms with Crippen LogP contribution in [0.3, 0.4) is 0 Å². The first-order chi connectivity index (χ1) is 21.6. The van der Waals surface area contributed by atoms with E-state index < -0.39 is 0 Å². The van der Waals surface area contributed by atoms with E-state index in [0.29, 0.717) is 59.2 Å². The zero-order valence-corrected chi connectivity index (χ0v) is 26.9. The first-order valence-corrected chi connectivity index (χ1v) is 15.9. The number of carbonyl (C=O) groups is 1. The quantitative estimate of drug-likeness (QED) is 0.253. The molecule has 1 amide bonds. The van der Waals surface area contributed by atoms with Crippen LogP contribution in [-0.2, 0) is 41.7 Å². The second kappa shape index (κ2) is 18.3. The molecule has 2 heterocycles. The predicted octanol–water partition coefficient (Wildman–Crippen LogP) is 3.61. The number of hydrogen-bond acceptors (Lipinski definition) is 9. The molecule has 0 bridgehead atoms. The molecule has 10 heteroatoms. The summed E-state index contributed by atoms with van der Waals surface area (Å²) in [6.07, 6.45) is 0.596. The highest BCUT2D eigenvalue weighted by molar-refractivity contribution is 5.77. The SMILES string of the molecule is CCN(CC)C(=O)CO[C@@H]1CNC[C@H](OCc2ccc3c(c2)N(CCCOC)CCO3)C1c1ccc(COCCOC)cc1. The van der Waals surface area contributed by atoms with E-state index in [1.54, 1.807) is 19.1 Å². The molecular weight excluding hydrogens is 562 g/mol. The van der Waals surface area contributed by atoms with Crippen molar-refractivity contribution in [1.29, 1.82) is 0 Å². The van der Waals surface area contributed by atoms with Gasteiger partial charge < -0.3 is 43.5 Å². The minimum Gasteiger partial charge on any atom is -0.490 e. The Morgan fingerprint density at radius 3 is 2.39 bits per heavy atom. The van der Waals surface area contributed by atoms with Gasteiger partial charge in [0.15, 0.2) is 0 Å². The first-order valence-electron chi connectivity index (χ1n) is 15.9. The van der Waals surface area contributed by atoms with E-state index in [9.17, 15) is 4.79 Å². The Kier molecular flexibility index (Phi) is 14.2. The number of methoxy groups -OCH3 is 2. The molecule has 0 radical (unpaired) electrons. The van der Waals surface area contributed by atoms with Gasteiger partial charge in [-0.25, -0.2) is 0 Å². The van der Waals surface area contributed by atoms with Crippen LogP contribution in [0.4, 0.5) is 5.69 Å². The van der Waals surface area contributed by atoms with Crippen molar-refractivity contribution in [3.05, 3.63) is 59.2 Å². The van der Waals surface area contributed by atoms with Crippen molar-refractivity contribution in [2.45, 2.75) is 51.6 Å². The number of carbonyl (C=O) groups excluding carboxylic acids is 1. The number of fused-ring (bicyclic) bond motifs is 1. The first kappa shape index (κ1) is 34.1. The molecule has 44 heavy (non-hydrogen) atoms. The molecule has 244 valence electrons. The number of nitrogens with one attached hydrogen (secondary N) is 1. The van der Waals surface area contributed by atoms with Gasteiger partial charge in [0.1, 0.15) is 19.0 Å². The molecule has 3 atom stereocenters. The number of likely N-dealkylation sites (N-methyl/N-ethyl adjacent to an activating group) is 1. The number of anilines is 1. The van der Waals surface area contributed by atoms with E-state index >= 15 is 0 Å². The summed E-state index contributed by atoms with van der Waals surface area (Å²) in [5.41, 5.74) is 4.41. The molecule has 4 rings (SSSR count). The highest BCUT2D eigenvalue weighted by atomic mass is 16.5. The van der Waals surface area contributed by atoms with Crippen LogP contribution in [0.15, 0.2) is 42.5 Å². The van der Waals surface area contributed by atoms with Gasteiger partial charge in [0, 0.05) is 59.5 Å². The van der Waals surface area contributed by atoms with E-state index in [4.69, 9.17) is 28.4 Å². The number of amides is 1. The Morgan fingerprint density at radius 1 is 0.932 bits per heavy atom. The van der Waals surface area contributed by atoms with Gasteiger partial charge in [-0.2, -0.15) is 0 Å². The van der Waals surface area contributed by atoms with Gasteiger partial charge in [0.25, 0.3) is 0 Å². The van der Waals surface area contributed by atoms with Crippen LogP contribution in [0.5, 0.6) is 5.75 Å². The number of benzene rings is 2. The van der Waals surface area contributed by atoms with Crippen molar-refractivity contribution in [1.82, 2.24) is 10.2 Å². The minimum absolute atomic E-state index is 0.00618. The molecule has 2 aromatic carbocycles. The highest BCUT2D eigenvalue weighted by Gasteiger charge is 2.36. The van der Waals surface area contributed by atoms with Crippen LogP contribution in [-0.4, -0.2) is 110 Å². The third kappa shape index (κ3) is 9.63. The van der Waals surface area contributed by atoms with Gasteiger partial charge in [-0.05, 0) is 49.1 Å². The fraction of sp³-hybridized carbons (Fsp3) is 0.618. The van der Waals surface area contributed by atoms with Crippen molar-refractivity contribution < 1.29 is 33.2 Å². The van der Waals surface area contributed by atoms with E-state index in [1.807, 2.05) is 19.9 Å². The van der Waals surface area contributed by atoms with Gasteiger partial charge in [0.2, 0.25) is 5.91 Å². The van der Waals surface area contributed by atoms with Crippen molar-refractivity contribution >= 4 is 11.6 Å². The summed E-state index contributed by atoms with van der Waals surface area (Å²) in [5.74, 6) is 0.870. The maximum Gasteiger partial charge on any atom is 0.248 e. The monoisotopic (exact) mass is 613 g/mol. The van der Waals surface area contributed by atoms with Crippen molar-refractivity contribution in [3.63, 3.8) is 0 Å². The zero-order valence-electron chi connectivity index (χ0n) is 26.9. The fourth-order valence-corrected chi connectivity index (χ4v) is 5.87. The van der Waals surface area contributed by atoms with Gasteiger partial charge in [-0.3, -0.25) is 4.79 Å². The smallest absolute Gasteiger partial charge is 0.248 e. The summed E-state index contributed by atoms with van der Waals surface area (Å²) in [4.78, 5) is 17.0. The standard InChI is InChI=1S/C34H51N3O7/c1-5-36(6-2)33(38)25-44-32-22-35-21-31(34(32)28-11-8-26(9-12-28)23-41-19-18-40-4)43-24-27-10-13-30-29(20-27)37(15-17-42-30)14-7-16-39-3/h8-13,20,31-32,34-35H,5-7,14-19,21-25H2,1-4H3/t31-,32+,34?/m0/s1. The lowest BCUT2D eigenvalue weighted by molar-refractivity contribution is -0.140. The average Bonchev–Trinajstić information content (AvgIpc) is 3.06. The van der Waals surface area contributed by atoms with Crippen LogP contribution in [0.1, 0.15) is 42.9 Å². The van der Waals surface area contributed by atoms with Crippen molar-refractivity contribution in [2.75, 3.05) is 91.4 Å². The van der Waals surface area contributed by atoms with Gasteiger partial charge in [-0.1, -0.05) is 30.3 Å². The van der Waals surface area contributed by atoms with Crippen molar-refractivity contribution in [2.24, 2.45) is 0 Å². The summed E-state index contributed by atoms with van der Waals surface area (Å²) in [6, 6.07) is 14.8. The number of piperidine rings is 1. The summed E-state index contributed by atoms with van der Waals surface area (Å²) in [5, 5.41) is 3.49. The van der Waals surface area contributed by atoms with Gasteiger partial charge in [-0.15, -0.1) is 0 Å². The Hall–Kier alpha value is -2.73. The van der Waals surface area contributed by atoms with Crippen LogP contribution in [0.2, 0.25) is 0 Å². The largest absolute Gasteiger partial charge is 0.490 e. The molecule has 0 aromatic heterocycles. The molecule has 2 aromatic rings. The molecule has 1 saturated heterocycles. The van der Waals surface area contributed by atoms with Crippen molar-refractivity contribution in [3.8, 4) is 5.75 Å². The number of rotatable bonds is 18. The molecule has 2 aliphatic heterocycles. The zero-order chi connectivity index (χ0) is 31.1. The molecule has 2 aliphatic rings. The van der Waals surface area contributed by atoms with Gasteiger partial charge in [0.05, 0.1) is 50.9 Å². The molecule has 1 unspecified atom stereocenters. The maximum absolute atomic E-state index is 12.8. The van der Waals surface area contributed by atoms with Crippen LogP contribution in [0, 0.1) is 0 Å². The minimum atomic E-state index is -0.217. The van der Waals surface area contributed by atoms with Gasteiger partial charge >= 0.3 is 0 Å². The second-order valence-corrected chi connectivity index (χ2v) is 11.2. The van der Waals surface area contributed by atoms with E-state index in [1.165, 1.54) is 0 Å². The maximum atomic E-state index is 12.8. The third-order valence-electron chi connectivity index (χ3n) is 8.32. The van der Waals surface area contributed by atoms with E-state index in [2.05, 4.69) is 46.6 Å². The summed E-state index contributed by atoms with van der Waals surface area (Å²) < 4.78 is 35.0. The summed E-state index contributed by atoms with van der Waals surface area (Å²) in [6.45, 7) is 12.0. The lowest BCUT2D eigenvalue weighted by Gasteiger charge is -2.39. The predicted molar refractivity (Wildman–Crippen MR) is 170 cm³/mol. The summed E-state index contributed by atoms with van der Waals surface area (Å²) >= 11 is 0. The number of hydrogen-bond donors (Lipinski definition) is 1. The van der Waals surface area contributed by atoms with Crippen LogP contribution in [0.25, 0.3) is 0 Å². The Labute approximate surface area is 262 Å². The van der Waals surface area contributed by atoms with Crippen LogP contribution >= 0.6 is 0 Å². The number of nitrogens with zero attached hydrogens (tertiary/aromatic N) is 2.